The average Bonchev–Trinajstić information content (AvgIpc) is 2.49. The van der Waals surface area contributed by atoms with E-state index in [-0.39, 0.29) is 28.8 Å². The van der Waals surface area contributed by atoms with E-state index in [1.54, 1.807) is 0 Å². The minimum absolute atomic E-state index is 0. The maximum absolute atomic E-state index is 11.8. The van der Waals surface area contributed by atoms with Crippen LogP contribution in [0, 0.1) is 5.92 Å². The van der Waals surface area contributed by atoms with Gasteiger partial charge in [-0.1, -0.05) is 26.3 Å². The van der Waals surface area contributed by atoms with Crippen molar-refractivity contribution in [1.82, 2.24) is 5.32 Å². The highest BCUT2D eigenvalue weighted by atomic mass is 79.9. The lowest BCUT2D eigenvalue weighted by Crippen LogP contribution is -3.00. The molecule has 0 aliphatic heterocycles. The van der Waals surface area contributed by atoms with Crippen molar-refractivity contribution in [2.75, 3.05) is 0 Å². The lowest BCUT2D eigenvalue weighted by Gasteiger charge is -2.20. The highest BCUT2D eigenvalue weighted by molar-refractivity contribution is 5.83. The van der Waals surface area contributed by atoms with E-state index in [4.69, 9.17) is 5.11 Å². The molecule has 1 aromatic rings. The third-order valence-corrected chi connectivity index (χ3v) is 3.64. The number of rotatable bonds is 9. The van der Waals surface area contributed by atoms with E-state index < -0.39 is 12.0 Å². The molecule has 5 nitrogen and oxygen atoms in total. The topological polar surface area (TPSA) is 70.3 Å². The molecule has 0 saturated carbocycles. The summed E-state index contributed by atoms with van der Waals surface area (Å²) in [6.07, 6.45) is 6.71. The first-order valence-corrected chi connectivity index (χ1v) is 7.50. The second kappa shape index (κ2) is 11.2. The number of amides is 1. The van der Waals surface area contributed by atoms with Crippen LogP contribution in [0.25, 0.3) is 0 Å². The summed E-state index contributed by atoms with van der Waals surface area (Å²) >= 11 is 0. The Labute approximate surface area is 142 Å². The van der Waals surface area contributed by atoms with E-state index in [9.17, 15) is 9.59 Å². The molecule has 124 valence electrons. The van der Waals surface area contributed by atoms with E-state index in [1.807, 2.05) is 44.4 Å². The molecule has 1 aromatic heterocycles. The van der Waals surface area contributed by atoms with Gasteiger partial charge in [0.25, 0.3) is 0 Å². The molecule has 0 aliphatic rings. The van der Waals surface area contributed by atoms with Gasteiger partial charge in [-0.05, 0) is 12.3 Å². The van der Waals surface area contributed by atoms with Crippen molar-refractivity contribution in [3.05, 3.63) is 30.6 Å². The summed E-state index contributed by atoms with van der Waals surface area (Å²) in [6.45, 7) is 4.62. The van der Waals surface area contributed by atoms with E-state index in [0.29, 0.717) is 6.42 Å². The van der Waals surface area contributed by atoms with Crippen LogP contribution in [0.1, 0.15) is 39.5 Å². The van der Waals surface area contributed by atoms with Crippen molar-refractivity contribution < 1.29 is 36.2 Å². The van der Waals surface area contributed by atoms with Crippen LogP contribution in [0.2, 0.25) is 0 Å². The number of unbranched alkanes of at least 4 members (excludes halogenated alkanes) is 1. The van der Waals surface area contributed by atoms with Gasteiger partial charge in [0.15, 0.2) is 12.4 Å². The molecule has 2 N–H and O–H groups in total. The second-order valence-electron chi connectivity index (χ2n) is 5.34. The molecular weight excluding hydrogens is 348 g/mol. The van der Waals surface area contributed by atoms with Crippen LogP contribution in [-0.4, -0.2) is 23.0 Å². The number of aryl methyl sites for hydroxylation is 1. The molecule has 2 atom stereocenters. The Morgan fingerprint density at radius 2 is 1.82 bits per heavy atom. The van der Waals surface area contributed by atoms with Gasteiger partial charge in [0.05, 0.1) is 0 Å². The Bertz CT molecular complexity index is 454. The average molecular weight is 373 g/mol. The molecule has 0 fully saturated rings. The fourth-order valence-electron chi connectivity index (χ4n) is 2.09. The van der Waals surface area contributed by atoms with Crippen LogP contribution >= 0.6 is 0 Å². The minimum atomic E-state index is -0.961. The van der Waals surface area contributed by atoms with Crippen LogP contribution < -0.4 is 26.9 Å². The van der Waals surface area contributed by atoms with Gasteiger partial charge in [-0.25, -0.2) is 9.36 Å². The zero-order valence-corrected chi connectivity index (χ0v) is 14.8. The predicted molar refractivity (Wildman–Crippen MR) is 79.5 cm³/mol. The van der Waals surface area contributed by atoms with Crippen LogP contribution in [0.3, 0.4) is 0 Å². The quantitative estimate of drug-likeness (QED) is 0.421. The Morgan fingerprint density at radius 1 is 1.18 bits per heavy atom. The fourth-order valence-corrected chi connectivity index (χ4v) is 2.09. The van der Waals surface area contributed by atoms with Gasteiger partial charge in [-0.15, -0.1) is 0 Å². The molecule has 22 heavy (non-hydrogen) atoms. The molecule has 1 heterocycles. The number of hydrogen-bond acceptors (Lipinski definition) is 2. The second-order valence-corrected chi connectivity index (χ2v) is 5.34. The monoisotopic (exact) mass is 372 g/mol. The van der Waals surface area contributed by atoms with Gasteiger partial charge < -0.3 is 27.4 Å². The predicted octanol–water partition coefficient (Wildman–Crippen LogP) is -1.24. The molecular formula is C16H25BrN2O3. The molecule has 0 aliphatic carbocycles. The normalized spacial score (nSPS) is 12.8. The van der Waals surface area contributed by atoms with Crippen molar-refractivity contribution in [3.8, 4) is 0 Å². The summed E-state index contributed by atoms with van der Waals surface area (Å²) in [6, 6.07) is 5.11. The lowest BCUT2D eigenvalue weighted by atomic mass is 9.99. The third-order valence-electron chi connectivity index (χ3n) is 3.64. The van der Waals surface area contributed by atoms with Crippen LogP contribution in [0.5, 0.6) is 0 Å². The number of carboxylic acid groups (broad SMARTS) is 1. The van der Waals surface area contributed by atoms with Crippen LogP contribution in [0.15, 0.2) is 30.6 Å². The number of nitrogens with zero attached hydrogens (tertiary/aromatic N) is 1. The number of pyridine rings is 1. The van der Waals surface area contributed by atoms with Gasteiger partial charge in [-0.3, -0.25) is 4.79 Å². The van der Waals surface area contributed by atoms with Crippen molar-refractivity contribution >= 4 is 11.9 Å². The van der Waals surface area contributed by atoms with Crippen molar-refractivity contribution in [2.45, 2.75) is 52.1 Å². The summed E-state index contributed by atoms with van der Waals surface area (Å²) in [4.78, 5) is 22.9. The van der Waals surface area contributed by atoms with Crippen LogP contribution in [0.4, 0.5) is 0 Å². The van der Waals surface area contributed by atoms with Crippen molar-refractivity contribution in [1.29, 1.82) is 0 Å². The molecule has 2 unspecified atom stereocenters. The fraction of sp³-hybridized carbons (Fsp3) is 0.562. The van der Waals surface area contributed by atoms with E-state index in [2.05, 4.69) is 9.88 Å². The van der Waals surface area contributed by atoms with Crippen molar-refractivity contribution in [3.63, 3.8) is 0 Å². The number of halogens is 1. The standard InChI is InChI=1S/C16H24N2O3.BrH/c1-3-13(2)15(16(20)21)17-14(19)9-5-8-12-18-10-6-4-7-11-18;/h4,6-7,10-11,13,15H,3,5,8-9,12H2,1-2H3,(H-,17,19,20,21);1H. The van der Waals surface area contributed by atoms with Gasteiger partial charge in [-0.2, -0.15) is 0 Å². The van der Waals surface area contributed by atoms with Gasteiger partial charge in [0.2, 0.25) is 5.91 Å². The zero-order chi connectivity index (χ0) is 15.7. The molecule has 1 amide bonds. The number of carbonyl (C=O) groups excluding carboxylic acids is 1. The smallest absolute Gasteiger partial charge is 0.326 e. The Balaban J connectivity index is 0.00000441. The Hall–Kier alpha value is -1.43. The molecule has 0 radical (unpaired) electrons. The van der Waals surface area contributed by atoms with Crippen LogP contribution in [-0.2, 0) is 16.1 Å². The SMILES string of the molecule is CCC(C)C(NC(=O)CCCC[n+]1ccccc1)C(=O)O.[Br-]. The van der Waals surface area contributed by atoms with Gasteiger partial charge >= 0.3 is 5.97 Å². The summed E-state index contributed by atoms with van der Waals surface area (Å²) in [7, 11) is 0. The molecule has 0 aromatic carbocycles. The van der Waals surface area contributed by atoms with E-state index in [0.717, 1.165) is 25.8 Å². The number of carboxylic acids is 1. The maximum Gasteiger partial charge on any atom is 0.326 e. The third kappa shape index (κ3) is 7.54. The number of aromatic nitrogens is 1. The zero-order valence-electron chi connectivity index (χ0n) is 13.2. The van der Waals surface area contributed by atoms with Gasteiger partial charge in [0, 0.05) is 25.0 Å². The minimum Gasteiger partial charge on any atom is -1.00 e. The lowest BCUT2D eigenvalue weighted by molar-refractivity contribution is -0.697. The first-order valence-electron chi connectivity index (χ1n) is 7.50. The molecule has 0 saturated heterocycles. The highest BCUT2D eigenvalue weighted by Crippen LogP contribution is 2.08. The largest absolute Gasteiger partial charge is 1.00 e. The number of carbonyl (C=O) groups is 2. The maximum atomic E-state index is 11.8. The van der Waals surface area contributed by atoms with E-state index in [1.165, 1.54) is 0 Å². The number of nitrogens with one attached hydrogen (secondary N) is 1. The molecule has 1 rings (SSSR count). The summed E-state index contributed by atoms with van der Waals surface area (Å²) in [5, 5.41) is 11.7. The Kier molecular flexibility index (Phi) is 10.5. The van der Waals surface area contributed by atoms with E-state index >= 15 is 0 Å². The molecule has 0 spiro atoms. The van der Waals surface area contributed by atoms with Gasteiger partial charge in [0.1, 0.15) is 12.6 Å². The number of aliphatic carboxylic acids is 1. The number of hydrogen-bond donors (Lipinski definition) is 2. The summed E-state index contributed by atoms with van der Waals surface area (Å²) < 4.78 is 2.07. The molecule has 6 heteroatoms. The first-order chi connectivity index (χ1) is 10.0. The molecule has 0 bridgehead atoms. The summed E-state index contributed by atoms with van der Waals surface area (Å²) in [5.41, 5.74) is 0. The van der Waals surface area contributed by atoms with Crippen molar-refractivity contribution in [2.24, 2.45) is 5.92 Å². The highest BCUT2D eigenvalue weighted by Gasteiger charge is 2.24. The summed E-state index contributed by atoms with van der Waals surface area (Å²) in [5.74, 6) is -1.20. The first kappa shape index (κ1) is 20.6. The Morgan fingerprint density at radius 3 is 2.36 bits per heavy atom.